The zero-order valence-corrected chi connectivity index (χ0v) is 27.1. The van der Waals surface area contributed by atoms with E-state index in [1.165, 1.54) is 64.3 Å². The number of rotatable bonds is 6. The minimum Gasteiger partial charge on any atom is -0.310 e. The molecule has 48 heavy (non-hydrogen) atoms. The summed E-state index contributed by atoms with van der Waals surface area (Å²) in [7, 11) is 0. The predicted molar refractivity (Wildman–Crippen MR) is 208 cm³/mol. The van der Waals surface area contributed by atoms with Gasteiger partial charge in [-0.25, -0.2) is 0 Å². The van der Waals surface area contributed by atoms with E-state index in [1.54, 1.807) is 0 Å². The lowest BCUT2D eigenvalue weighted by molar-refractivity contribution is 1.29. The summed E-state index contributed by atoms with van der Waals surface area (Å²) in [5.41, 5.74) is 10.6. The van der Waals surface area contributed by atoms with Gasteiger partial charge in [-0.15, -0.1) is 11.3 Å². The van der Waals surface area contributed by atoms with Gasteiger partial charge in [0.2, 0.25) is 0 Å². The van der Waals surface area contributed by atoms with Crippen LogP contribution in [0.2, 0.25) is 0 Å². The Balaban J connectivity index is 1.23. The molecule has 2 heteroatoms. The van der Waals surface area contributed by atoms with E-state index in [4.69, 9.17) is 0 Å². The highest BCUT2D eigenvalue weighted by Gasteiger charge is 2.20. The highest BCUT2D eigenvalue weighted by Crippen LogP contribution is 2.46. The van der Waals surface area contributed by atoms with Gasteiger partial charge in [0.05, 0.1) is 5.69 Å². The topological polar surface area (TPSA) is 3.24 Å². The Kier molecular flexibility index (Phi) is 7.07. The molecule has 0 amide bonds. The van der Waals surface area contributed by atoms with E-state index in [9.17, 15) is 0 Å². The standard InChI is InChI=1S/C46H31NS/c1-3-11-32(12-4-1)34-21-25-39(26-22-34)47(40-27-23-35(24-28-40)38-20-19-33-13-7-8-16-37(33)29-38)44-31-46-43(41-17-9-10-18-45(41)48-46)30-42(44)36-14-5-2-6-15-36/h1-31H. The average Bonchev–Trinajstić information content (AvgIpc) is 3.53. The van der Waals surface area contributed by atoms with Crippen molar-refractivity contribution in [2.24, 2.45) is 0 Å². The lowest BCUT2D eigenvalue weighted by Crippen LogP contribution is -2.11. The second-order valence-electron chi connectivity index (χ2n) is 12.2. The van der Waals surface area contributed by atoms with Crippen molar-refractivity contribution in [3.05, 3.63) is 188 Å². The van der Waals surface area contributed by atoms with E-state index in [1.807, 2.05) is 11.3 Å². The largest absolute Gasteiger partial charge is 0.310 e. The molecule has 0 fully saturated rings. The molecule has 9 aromatic rings. The summed E-state index contributed by atoms with van der Waals surface area (Å²) < 4.78 is 2.59. The number of thiophene rings is 1. The molecule has 9 rings (SSSR count). The summed E-state index contributed by atoms with van der Waals surface area (Å²) >= 11 is 1.86. The Morgan fingerprint density at radius 3 is 1.58 bits per heavy atom. The smallest absolute Gasteiger partial charge is 0.0554 e. The van der Waals surface area contributed by atoms with Crippen molar-refractivity contribution >= 4 is 59.3 Å². The van der Waals surface area contributed by atoms with Crippen LogP contribution in [0.5, 0.6) is 0 Å². The summed E-state index contributed by atoms with van der Waals surface area (Å²) in [4.78, 5) is 2.42. The molecule has 0 aliphatic rings. The molecule has 0 bridgehead atoms. The van der Waals surface area contributed by atoms with Gasteiger partial charge in [0, 0.05) is 37.1 Å². The minimum absolute atomic E-state index is 1.12. The first-order valence-corrected chi connectivity index (χ1v) is 17.2. The lowest BCUT2D eigenvalue weighted by atomic mass is 9.98. The summed E-state index contributed by atoms with van der Waals surface area (Å²) in [6.45, 7) is 0. The zero-order chi connectivity index (χ0) is 31.9. The van der Waals surface area contributed by atoms with E-state index in [2.05, 4.69) is 193 Å². The maximum absolute atomic E-state index is 2.42. The molecule has 0 saturated heterocycles. The third kappa shape index (κ3) is 5.13. The van der Waals surface area contributed by atoms with Crippen LogP contribution in [0.3, 0.4) is 0 Å². The second kappa shape index (κ2) is 12.0. The molecule has 1 aromatic heterocycles. The van der Waals surface area contributed by atoms with Crippen molar-refractivity contribution in [1.29, 1.82) is 0 Å². The lowest BCUT2D eigenvalue weighted by Gasteiger charge is -2.28. The van der Waals surface area contributed by atoms with Crippen LogP contribution in [-0.4, -0.2) is 0 Å². The fourth-order valence-corrected chi connectivity index (χ4v) is 7.95. The van der Waals surface area contributed by atoms with Crippen molar-refractivity contribution in [2.75, 3.05) is 4.90 Å². The van der Waals surface area contributed by atoms with Gasteiger partial charge in [0.1, 0.15) is 0 Å². The normalized spacial score (nSPS) is 11.3. The molecule has 0 saturated carbocycles. The number of hydrogen-bond donors (Lipinski definition) is 0. The first kappa shape index (κ1) is 28.3. The maximum Gasteiger partial charge on any atom is 0.0554 e. The Hall–Kier alpha value is -5.96. The number of fused-ring (bicyclic) bond motifs is 4. The molecule has 226 valence electrons. The van der Waals surface area contributed by atoms with Crippen LogP contribution in [0.4, 0.5) is 17.1 Å². The van der Waals surface area contributed by atoms with Crippen LogP contribution in [0, 0.1) is 0 Å². The number of nitrogens with zero attached hydrogens (tertiary/aromatic N) is 1. The summed E-state index contributed by atoms with van der Waals surface area (Å²) in [6.07, 6.45) is 0. The van der Waals surface area contributed by atoms with Crippen molar-refractivity contribution in [3.63, 3.8) is 0 Å². The molecule has 0 unspecified atom stereocenters. The van der Waals surface area contributed by atoms with E-state index in [0.29, 0.717) is 0 Å². The molecule has 8 aromatic carbocycles. The Morgan fingerprint density at radius 1 is 0.333 bits per heavy atom. The summed E-state index contributed by atoms with van der Waals surface area (Å²) in [6, 6.07) is 68.2. The molecule has 0 N–H and O–H groups in total. The quantitative estimate of drug-likeness (QED) is 0.177. The molecular formula is C46H31NS. The monoisotopic (exact) mass is 629 g/mol. The highest BCUT2D eigenvalue weighted by molar-refractivity contribution is 7.25. The van der Waals surface area contributed by atoms with Crippen molar-refractivity contribution in [2.45, 2.75) is 0 Å². The van der Waals surface area contributed by atoms with Gasteiger partial charge in [0.25, 0.3) is 0 Å². The van der Waals surface area contributed by atoms with Crippen LogP contribution in [0.25, 0.3) is 64.3 Å². The van der Waals surface area contributed by atoms with Gasteiger partial charge in [-0.1, -0.05) is 140 Å². The third-order valence-electron chi connectivity index (χ3n) is 9.26. The minimum atomic E-state index is 1.12. The Morgan fingerprint density at radius 2 is 0.875 bits per heavy atom. The fourth-order valence-electron chi connectivity index (χ4n) is 6.83. The van der Waals surface area contributed by atoms with E-state index < -0.39 is 0 Å². The molecule has 0 atom stereocenters. The van der Waals surface area contributed by atoms with Crippen LogP contribution < -0.4 is 4.90 Å². The van der Waals surface area contributed by atoms with Crippen LogP contribution >= 0.6 is 11.3 Å². The van der Waals surface area contributed by atoms with E-state index >= 15 is 0 Å². The third-order valence-corrected chi connectivity index (χ3v) is 10.4. The SMILES string of the molecule is c1ccc(-c2ccc(N(c3ccc(-c4ccc5ccccc5c4)cc3)c3cc4sc5ccccc5c4cc3-c3ccccc3)cc2)cc1. The van der Waals surface area contributed by atoms with Gasteiger partial charge in [0.15, 0.2) is 0 Å². The van der Waals surface area contributed by atoms with E-state index in [0.717, 1.165) is 17.1 Å². The molecule has 0 aliphatic heterocycles. The van der Waals surface area contributed by atoms with Crippen LogP contribution in [-0.2, 0) is 0 Å². The predicted octanol–water partition coefficient (Wildman–Crippen LogP) is 13.7. The van der Waals surface area contributed by atoms with E-state index in [-0.39, 0.29) is 0 Å². The first-order chi connectivity index (χ1) is 23.8. The maximum atomic E-state index is 2.42. The molecule has 0 radical (unpaired) electrons. The molecule has 1 nitrogen and oxygen atoms in total. The van der Waals surface area contributed by atoms with Gasteiger partial charge in [-0.05, 0) is 87.1 Å². The first-order valence-electron chi connectivity index (χ1n) is 16.3. The fraction of sp³-hybridized carbons (Fsp3) is 0. The zero-order valence-electron chi connectivity index (χ0n) is 26.3. The Bertz CT molecular complexity index is 2530. The van der Waals surface area contributed by atoms with Crippen molar-refractivity contribution in [1.82, 2.24) is 0 Å². The molecule has 0 aliphatic carbocycles. The summed E-state index contributed by atoms with van der Waals surface area (Å²) in [5.74, 6) is 0. The van der Waals surface area contributed by atoms with Gasteiger partial charge in [-0.2, -0.15) is 0 Å². The number of anilines is 3. The molecular weight excluding hydrogens is 599 g/mol. The Labute approximate surface area is 284 Å². The second-order valence-corrected chi connectivity index (χ2v) is 13.3. The van der Waals surface area contributed by atoms with Crippen molar-refractivity contribution in [3.8, 4) is 33.4 Å². The molecule has 1 heterocycles. The van der Waals surface area contributed by atoms with Gasteiger partial charge >= 0.3 is 0 Å². The van der Waals surface area contributed by atoms with Crippen LogP contribution in [0.1, 0.15) is 0 Å². The number of benzene rings is 8. The summed E-state index contributed by atoms with van der Waals surface area (Å²) in [5, 5.41) is 5.11. The highest BCUT2D eigenvalue weighted by atomic mass is 32.1. The van der Waals surface area contributed by atoms with Gasteiger partial charge in [-0.3, -0.25) is 0 Å². The van der Waals surface area contributed by atoms with Crippen LogP contribution in [0.15, 0.2) is 188 Å². The van der Waals surface area contributed by atoms with Crippen molar-refractivity contribution < 1.29 is 0 Å². The van der Waals surface area contributed by atoms with Gasteiger partial charge < -0.3 is 4.90 Å². The molecule has 0 spiro atoms. The number of hydrogen-bond acceptors (Lipinski definition) is 2. The average molecular weight is 630 g/mol.